The zero-order valence-electron chi connectivity index (χ0n) is 14.9. The summed E-state index contributed by atoms with van der Waals surface area (Å²) in [5.74, 6) is 0.401. The van der Waals surface area contributed by atoms with Crippen molar-refractivity contribution in [2.24, 2.45) is 0 Å². The van der Waals surface area contributed by atoms with Gasteiger partial charge in [0, 0.05) is 24.7 Å². The lowest BCUT2D eigenvalue weighted by Crippen LogP contribution is -2.28. The third kappa shape index (κ3) is 5.53. The Morgan fingerprint density at radius 3 is 2.62 bits per heavy atom. The van der Waals surface area contributed by atoms with Gasteiger partial charge in [-0.3, -0.25) is 14.9 Å². The van der Waals surface area contributed by atoms with Gasteiger partial charge in [0.05, 0.1) is 9.80 Å². The van der Waals surface area contributed by atoms with E-state index in [9.17, 15) is 14.9 Å². The summed E-state index contributed by atoms with van der Waals surface area (Å²) in [5, 5.41) is 13.5. The van der Waals surface area contributed by atoms with Crippen molar-refractivity contribution < 1.29 is 14.5 Å². The van der Waals surface area contributed by atoms with Crippen molar-refractivity contribution in [1.29, 1.82) is 0 Å². The first-order chi connectivity index (χ1) is 12.5. The second kappa shape index (κ2) is 9.88. The van der Waals surface area contributed by atoms with Gasteiger partial charge in [-0.15, -0.1) is 0 Å². The van der Waals surface area contributed by atoms with Crippen molar-refractivity contribution in [1.82, 2.24) is 10.2 Å². The Morgan fingerprint density at radius 2 is 1.96 bits per heavy atom. The Morgan fingerprint density at radius 1 is 1.23 bits per heavy atom. The largest absolute Gasteiger partial charge is 0.492 e. The molecule has 0 fully saturated rings. The lowest BCUT2D eigenvalue weighted by Gasteiger charge is -2.19. The molecule has 0 atom stereocenters. The summed E-state index contributed by atoms with van der Waals surface area (Å²) in [5.41, 5.74) is 0.867. The van der Waals surface area contributed by atoms with E-state index in [1.54, 1.807) is 0 Å². The van der Waals surface area contributed by atoms with Crippen LogP contribution in [0.5, 0.6) is 5.75 Å². The monoisotopic (exact) mass is 377 g/mol. The molecule has 0 aliphatic carbocycles. The molecular weight excluding hydrogens is 354 g/mol. The number of thiophene rings is 1. The van der Waals surface area contributed by atoms with Crippen molar-refractivity contribution in [3.05, 3.63) is 57.0 Å². The maximum absolute atomic E-state index is 12.2. The van der Waals surface area contributed by atoms with E-state index in [1.807, 2.05) is 24.3 Å². The van der Waals surface area contributed by atoms with Crippen LogP contribution in [-0.2, 0) is 6.54 Å². The van der Waals surface area contributed by atoms with Crippen LogP contribution in [0.3, 0.4) is 0 Å². The molecule has 8 heteroatoms. The van der Waals surface area contributed by atoms with Gasteiger partial charge in [0.15, 0.2) is 0 Å². The number of amides is 1. The van der Waals surface area contributed by atoms with Crippen molar-refractivity contribution in [3.63, 3.8) is 0 Å². The third-order valence-electron chi connectivity index (χ3n) is 3.97. The molecule has 2 aromatic rings. The molecule has 1 amide bonds. The van der Waals surface area contributed by atoms with Gasteiger partial charge in [0.25, 0.3) is 5.91 Å². The maximum atomic E-state index is 12.2. The SMILES string of the molecule is CCN(CC)CCOc1ccccc1CNC(=O)c1ccc([N+](=O)[O-])s1. The van der Waals surface area contributed by atoms with Crippen LogP contribution in [0.25, 0.3) is 0 Å². The Kier molecular flexibility index (Phi) is 7.55. The number of hydrogen-bond donors (Lipinski definition) is 1. The first kappa shape index (κ1) is 19.9. The molecule has 0 bridgehead atoms. The zero-order valence-corrected chi connectivity index (χ0v) is 15.8. The van der Waals surface area contributed by atoms with E-state index in [2.05, 4.69) is 24.1 Å². The van der Waals surface area contributed by atoms with E-state index in [4.69, 9.17) is 4.74 Å². The summed E-state index contributed by atoms with van der Waals surface area (Å²) in [6.07, 6.45) is 0. The van der Waals surface area contributed by atoms with E-state index < -0.39 is 4.92 Å². The first-order valence-corrected chi connectivity index (χ1v) is 9.32. The molecule has 1 N–H and O–H groups in total. The summed E-state index contributed by atoms with van der Waals surface area (Å²) in [7, 11) is 0. The summed E-state index contributed by atoms with van der Waals surface area (Å²) in [6, 6.07) is 10.3. The van der Waals surface area contributed by atoms with Gasteiger partial charge in [0.2, 0.25) is 0 Å². The van der Waals surface area contributed by atoms with Gasteiger partial charge in [0.1, 0.15) is 12.4 Å². The van der Waals surface area contributed by atoms with Crippen LogP contribution in [0.1, 0.15) is 29.1 Å². The number of nitro groups is 1. The Balaban J connectivity index is 1.92. The molecule has 7 nitrogen and oxygen atoms in total. The molecule has 0 saturated carbocycles. The minimum Gasteiger partial charge on any atom is -0.492 e. The molecule has 0 aliphatic rings. The highest BCUT2D eigenvalue weighted by Crippen LogP contribution is 2.24. The molecule has 0 radical (unpaired) electrons. The second-order valence-electron chi connectivity index (χ2n) is 5.56. The molecule has 1 heterocycles. The number of likely N-dealkylation sites (N-methyl/N-ethyl adjacent to an activating group) is 1. The Hall–Kier alpha value is -2.45. The number of rotatable bonds is 10. The fourth-order valence-electron chi connectivity index (χ4n) is 2.43. The van der Waals surface area contributed by atoms with Gasteiger partial charge in [-0.1, -0.05) is 43.4 Å². The molecule has 0 unspecified atom stereocenters. The fraction of sp³-hybridized carbons (Fsp3) is 0.389. The molecule has 1 aromatic carbocycles. The summed E-state index contributed by atoms with van der Waals surface area (Å²) >= 11 is 0.863. The van der Waals surface area contributed by atoms with Crippen molar-refractivity contribution in [3.8, 4) is 5.75 Å². The van der Waals surface area contributed by atoms with Crippen LogP contribution in [0.2, 0.25) is 0 Å². The molecule has 26 heavy (non-hydrogen) atoms. The minimum atomic E-state index is -0.500. The summed E-state index contributed by atoms with van der Waals surface area (Å²) in [6.45, 7) is 7.89. The molecule has 0 aliphatic heterocycles. The number of ether oxygens (including phenoxy) is 1. The van der Waals surface area contributed by atoms with E-state index >= 15 is 0 Å². The van der Waals surface area contributed by atoms with Crippen LogP contribution in [0.4, 0.5) is 5.00 Å². The maximum Gasteiger partial charge on any atom is 0.324 e. The van der Waals surface area contributed by atoms with Gasteiger partial charge in [-0.05, 0) is 25.2 Å². The highest BCUT2D eigenvalue weighted by Gasteiger charge is 2.15. The number of para-hydroxylation sites is 1. The quantitative estimate of drug-likeness (QED) is 0.507. The normalized spacial score (nSPS) is 10.7. The van der Waals surface area contributed by atoms with Crippen LogP contribution >= 0.6 is 11.3 Å². The molecule has 1 aromatic heterocycles. The topological polar surface area (TPSA) is 84.7 Å². The first-order valence-electron chi connectivity index (χ1n) is 8.50. The van der Waals surface area contributed by atoms with Crippen molar-refractivity contribution in [2.75, 3.05) is 26.2 Å². The predicted octanol–water partition coefficient (Wildman–Crippen LogP) is 3.31. The van der Waals surface area contributed by atoms with Crippen LogP contribution in [-0.4, -0.2) is 42.0 Å². The van der Waals surface area contributed by atoms with Crippen molar-refractivity contribution >= 4 is 22.2 Å². The van der Waals surface area contributed by atoms with E-state index in [-0.39, 0.29) is 10.9 Å². The van der Waals surface area contributed by atoms with Gasteiger partial charge >= 0.3 is 5.00 Å². The number of hydrogen-bond acceptors (Lipinski definition) is 6. The van der Waals surface area contributed by atoms with E-state index in [1.165, 1.54) is 12.1 Å². The number of nitrogens with zero attached hydrogens (tertiary/aromatic N) is 2. The van der Waals surface area contributed by atoms with Gasteiger partial charge in [-0.25, -0.2) is 0 Å². The lowest BCUT2D eigenvalue weighted by atomic mass is 10.2. The van der Waals surface area contributed by atoms with E-state index in [0.29, 0.717) is 18.0 Å². The Labute approximate surface area is 156 Å². The highest BCUT2D eigenvalue weighted by molar-refractivity contribution is 7.17. The summed E-state index contributed by atoms with van der Waals surface area (Å²) < 4.78 is 5.87. The molecular formula is C18H23N3O4S. The number of benzene rings is 1. The molecule has 0 saturated heterocycles. The average molecular weight is 377 g/mol. The third-order valence-corrected chi connectivity index (χ3v) is 5.00. The lowest BCUT2D eigenvalue weighted by molar-refractivity contribution is -0.380. The number of carbonyl (C=O) groups is 1. The average Bonchev–Trinajstić information content (AvgIpc) is 3.15. The smallest absolute Gasteiger partial charge is 0.324 e. The Bertz CT molecular complexity index is 744. The number of nitrogens with one attached hydrogen (secondary N) is 1. The molecule has 2 rings (SSSR count). The van der Waals surface area contributed by atoms with Crippen LogP contribution < -0.4 is 10.1 Å². The van der Waals surface area contributed by atoms with Crippen molar-refractivity contribution in [2.45, 2.75) is 20.4 Å². The van der Waals surface area contributed by atoms with Gasteiger partial charge < -0.3 is 15.0 Å². The highest BCUT2D eigenvalue weighted by atomic mass is 32.1. The minimum absolute atomic E-state index is 0.0460. The van der Waals surface area contributed by atoms with E-state index in [0.717, 1.165) is 42.3 Å². The van der Waals surface area contributed by atoms with Crippen LogP contribution in [0.15, 0.2) is 36.4 Å². The summed E-state index contributed by atoms with van der Waals surface area (Å²) in [4.78, 5) is 25.0. The predicted molar refractivity (Wildman–Crippen MR) is 102 cm³/mol. The molecule has 0 spiro atoms. The zero-order chi connectivity index (χ0) is 18.9. The van der Waals surface area contributed by atoms with Crippen LogP contribution in [0, 0.1) is 10.1 Å². The second-order valence-corrected chi connectivity index (χ2v) is 6.62. The number of carbonyl (C=O) groups excluding carboxylic acids is 1. The molecule has 140 valence electrons. The van der Waals surface area contributed by atoms with Gasteiger partial charge in [-0.2, -0.15) is 0 Å². The standard InChI is InChI=1S/C18H23N3O4S/c1-3-20(4-2)11-12-25-15-8-6-5-7-14(15)13-19-18(22)16-9-10-17(26-16)21(23)24/h5-10H,3-4,11-13H2,1-2H3,(H,19,22). The fourth-order valence-corrected chi connectivity index (χ4v) is 3.16.